The molecule has 0 aliphatic rings. The van der Waals surface area contributed by atoms with Crippen LogP contribution in [0.15, 0.2) is 77.7 Å². The Morgan fingerprint density at radius 1 is 0.938 bits per heavy atom. The zero-order valence-electron chi connectivity index (χ0n) is 17.2. The Morgan fingerprint density at radius 3 is 2.22 bits per heavy atom. The predicted octanol–water partition coefficient (Wildman–Crippen LogP) is 3.77. The molecule has 3 rings (SSSR count). The number of benzene rings is 3. The van der Waals surface area contributed by atoms with Crippen molar-refractivity contribution >= 4 is 33.3 Å². The average molecular weight is 455 g/mol. The van der Waals surface area contributed by atoms with Gasteiger partial charge in [0, 0.05) is 12.1 Å². The van der Waals surface area contributed by atoms with Gasteiger partial charge < -0.3 is 15.2 Å². The number of carboxylic acids is 1. The van der Waals surface area contributed by atoms with E-state index in [9.17, 15) is 18.0 Å². The minimum absolute atomic E-state index is 0.00180. The van der Waals surface area contributed by atoms with Gasteiger partial charge in [-0.05, 0) is 60.5 Å². The van der Waals surface area contributed by atoms with Gasteiger partial charge in [-0.25, -0.2) is 8.42 Å². The molecule has 0 aliphatic carbocycles. The van der Waals surface area contributed by atoms with E-state index < -0.39 is 21.9 Å². The topological polar surface area (TPSA) is 122 Å². The number of para-hydroxylation sites is 1. The quantitative estimate of drug-likeness (QED) is 0.453. The zero-order valence-corrected chi connectivity index (χ0v) is 18.1. The molecule has 3 aromatic carbocycles. The molecule has 3 N–H and O–H groups in total. The molecule has 0 saturated carbocycles. The smallest absolute Gasteiger partial charge is 0.303 e. The van der Waals surface area contributed by atoms with Gasteiger partial charge in [0.15, 0.2) is 0 Å². The number of carbonyl (C=O) groups is 2. The molecule has 166 valence electrons. The van der Waals surface area contributed by atoms with Gasteiger partial charge in [-0.15, -0.1) is 0 Å². The van der Waals surface area contributed by atoms with Crippen molar-refractivity contribution in [2.75, 3.05) is 17.1 Å². The van der Waals surface area contributed by atoms with Crippen molar-refractivity contribution in [2.45, 2.75) is 17.7 Å². The van der Waals surface area contributed by atoms with Crippen LogP contribution in [0.1, 0.15) is 22.3 Å². The molecule has 0 saturated heterocycles. The first kappa shape index (κ1) is 22.8. The van der Waals surface area contributed by atoms with Gasteiger partial charge >= 0.3 is 5.97 Å². The Labute approximate surface area is 185 Å². The number of aryl methyl sites for hydroxylation is 1. The van der Waals surface area contributed by atoms with E-state index in [0.29, 0.717) is 23.4 Å². The Bertz CT molecular complexity index is 1210. The van der Waals surface area contributed by atoms with Crippen molar-refractivity contribution in [3.05, 3.63) is 83.9 Å². The fourth-order valence-corrected chi connectivity index (χ4v) is 4.01. The number of sulfonamides is 1. The van der Waals surface area contributed by atoms with Crippen molar-refractivity contribution in [3.63, 3.8) is 0 Å². The summed E-state index contributed by atoms with van der Waals surface area (Å²) in [6.45, 7) is 0. The molecule has 0 fully saturated rings. The lowest BCUT2D eigenvalue weighted by molar-refractivity contribution is -0.136. The number of nitrogens with one attached hydrogen (secondary N) is 2. The van der Waals surface area contributed by atoms with Crippen molar-refractivity contribution in [2.24, 2.45) is 0 Å². The molecule has 32 heavy (non-hydrogen) atoms. The number of rotatable bonds is 9. The molecule has 3 aromatic rings. The summed E-state index contributed by atoms with van der Waals surface area (Å²) < 4.78 is 33.2. The summed E-state index contributed by atoms with van der Waals surface area (Å²) in [5, 5.41) is 11.5. The fraction of sp³-hybridized carbons (Fsp3) is 0.130. The van der Waals surface area contributed by atoms with Crippen molar-refractivity contribution < 1.29 is 27.9 Å². The van der Waals surface area contributed by atoms with Crippen molar-refractivity contribution in [1.29, 1.82) is 0 Å². The number of hydrogen-bond donors (Lipinski definition) is 3. The monoisotopic (exact) mass is 454 g/mol. The molecule has 0 radical (unpaired) electrons. The number of aliphatic carboxylic acids is 1. The highest BCUT2D eigenvalue weighted by Gasteiger charge is 2.19. The maximum absolute atomic E-state index is 12.8. The van der Waals surface area contributed by atoms with E-state index in [1.807, 2.05) is 0 Å². The molecule has 1 amide bonds. The van der Waals surface area contributed by atoms with E-state index in [4.69, 9.17) is 9.84 Å². The minimum Gasteiger partial charge on any atom is -0.497 e. The number of ether oxygens (including phenoxy) is 1. The molecule has 0 aliphatic heterocycles. The highest BCUT2D eigenvalue weighted by molar-refractivity contribution is 7.92. The number of amides is 1. The Balaban J connectivity index is 1.77. The molecule has 0 heterocycles. The predicted molar refractivity (Wildman–Crippen MR) is 121 cm³/mol. The summed E-state index contributed by atoms with van der Waals surface area (Å²) >= 11 is 0. The second kappa shape index (κ2) is 9.97. The van der Waals surface area contributed by atoms with E-state index >= 15 is 0 Å². The van der Waals surface area contributed by atoms with E-state index in [-0.39, 0.29) is 22.6 Å². The normalized spacial score (nSPS) is 10.9. The molecule has 0 atom stereocenters. The van der Waals surface area contributed by atoms with Gasteiger partial charge in [-0.1, -0.05) is 24.3 Å². The molecule has 8 nitrogen and oxygen atoms in total. The van der Waals surface area contributed by atoms with Crippen LogP contribution in [0.3, 0.4) is 0 Å². The van der Waals surface area contributed by atoms with Gasteiger partial charge in [0.05, 0.1) is 23.3 Å². The number of methoxy groups -OCH3 is 1. The van der Waals surface area contributed by atoms with Gasteiger partial charge in [0.2, 0.25) is 0 Å². The van der Waals surface area contributed by atoms with Crippen LogP contribution in [0.5, 0.6) is 5.75 Å². The lowest BCUT2D eigenvalue weighted by Gasteiger charge is -2.13. The third kappa shape index (κ3) is 5.86. The summed E-state index contributed by atoms with van der Waals surface area (Å²) in [5.41, 5.74) is 1.54. The van der Waals surface area contributed by atoms with Crippen LogP contribution < -0.4 is 14.8 Å². The van der Waals surface area contributed by atoms with Crippen LogP contribution in [-0.4, -0.2) is 32.5 Å². The SMILES string of the molecule is COc1ccc(NC(=O)c2ccccc2NS(=O)(=O)c2ccc(CCC(=O)O)cc2)cc1. The first-order chi connectivity index (χ1) is 15.3. The molecular weight excluding hydrogens is 432 g/mol. The Kier molecular flexibility index (Phi) is 7.11. The molecule has 0 spiro atoms. The van der Waals surface area contributed by atoms with Crippen LogP contribution in [0.4, 0.5) is 11.4 Å². The number of hydrogen-bond acceptors (Lipinski definition) is 5. The summed E-state index contributed by atoms with van der Waals surface area (Å²) in [4.78, 5) is 23.4. The van der Waals surface area contributed by atoms with Crippen LogP contribution in [0.25, 0.3) is 0 Å². The van der Waals surface area contributed by atoms with Crippen LogP contribution in [0.2, 0.25) is 0 Å². The third-order valence-electron chi connectivity index (χ3n) is 4.63. The molecule has 0 aromatic heterocycles. The van der Waals surface area contributed by atoms with E-state index in [1.54, 1.807) is 55.6 Å². The first-order valence-corrected chi connectivity index (χ1v) is 11.1. The van der Waals surface area contributed by atoms with Crippen molar-refractivity contribution in [3.8, 4) is 5.75 Å². The first-order valence-electron chi connectivity index (χ1n) is 9.66. The van der Waals surface area contributed by atoms with E-state index in [0.717, 1.165) is 0 Å². The van der Waals surface area contributed by atoms with Gasteiger partial charge in [-0.3, -0.25) is 14.3 Å². The van der Waals surface area contributed by atoms with Gasteiger partial charge in [0.1, 0.15) is 5.75 Å². The second-order valence-electron chi connectivity index (χ2n) is 6.87. The summed E-state index contributed by atoms with van der Waals surface area (Å²) in [5.74, 6) is -0.754. The number of anilines is 2. The van der Waals surface area contributed by atoms with E-state index in [2.05, 4.69) is 10.0 Å². The Hall–Kier alpha value is -3.85. The maximum Gasteiger partial charge on any atom is 0.303 e. The number of carboxylic acid groups (broad SMARTS) is 1. The minimum atomic E-state index is -3.96. The molecule has 0 unspecified atom stereocenters. The Morgan fingerprint density at radius 2 is 1.59 bits per heavy atom. The van der Waals surface area contributed by atoms with Crippen LogP contribution in [-0.2, 0) is 21.2 Å². The van der Waals surface area contributed by atoms with Crippen LogP contribution in [0, 0.1) is 0 Å². The fourth-order valence-electron chi connectivity index (χ4n) is 2.93. The highest BCUT2D eigenvalue weighted by atomic mass is 32.2. The molecule has 9 heteroatoms. The zero-order chi connectivity index (χ0) is 23.1. The number of carbonyl (C=O) groups excluding carboxylic acids is 1. The average Bonchev–Trinajstić information content (AvgIpc) is 2.78. The van der Waals surface area contributed by atoms with Crippen LogP contribution >= 0.6 is 0 Å². The molecule has 0 bridgehead atoms. The highest BCUT2D eigenvalue weighted by Crippen LogP contribution is 2.23. The van der Waals surface area contributed by atoms with E-state index in [1.165, 1.54) is 24.3 Å². The summed E-state index contributed by atoms with van der Waals surface area (Å²) in [7, 11) is -2.42. The largest absolute Gasteiger partial charge is 0.497 e. The lowest BCUT2D eigenvalue weighted by Crippen LogP contribution is -2.18. The second-order valence-corrected chi connectivity index (χ2v) is 8.55. The van der Waals surface area contributed by atoms with Gasteiger partial charge in [0.25, 0.3) is 15.9 Å². The summed E-state index contributed by atoms with van der Waals surface area (Å²) in [6.07, 6.45) is 0.262. The lowest BCUT2D eigenvalue weighted by atomic mass is 10.1. The molecular formula is C23H22N2O6S. The maximum atomic E-state index is 12.8. The summed E-state index contributed by atoms with van der Waals surface area (Å²) in [6, 6.07) is 19.0. The van der Waals surface area contributed by atoms with Gasteiger partial charge in [-0.2, -0.15) is 0 Å². The van der Waals surface area contributed by atoms with Crippen molar-refractivity contribution in [1.82, 2.24) is 0 Å². The standard InChI is InChI=1S/C23H22N2O6S/c1-31-18-11-9-17(10-12-18)24-23(28)20-4-2-3-5-21(20)25-32(29,30)19-13-6-16(7-14-19)8-15-22(26)27/h2-7,9-14,25H,8,15H2,1H3,(H,24,28)(H,26,27). The third-order valence-corrected chi connectivity index (χ3v) is 6.01.